The molecule has 0 aliphatic carbocycles. The van der Waals surface area contributed by atoms with Gasteiger partial charge in [-0.1, -0.05) is 0 Å². The maximum atomic E-state index is 12.7. The van der Waals surface area contributed by atoms with Crippen LogP contribution in [0.25, 0.3) is 0 Å². The van der Waals surface area contributed by atoms with Crippen LogP contribution < -0.4 is 33.4 Å². The number of H-pyrrole nitrogens is 1. The van der Waals surface area contributed by atoms with Crippen LogP contribution in [0.3, 0.4) is 0 Å². The molecule has 1 aromatic carbocycles. The number of Topliss-reactive ketones (excluding diaryl/α,β-unsaturated/α-hetero) is 1. The lowest BCUT2D eigenvalue weighted by Crippen LogP contribution is -2.55. The first-order valence-electron chi connectivity index (χ1n) is 9.98. The van der Waals surface area contributed by atoms with E-state index in [9.17, 15) is 19.5 Å². The van der Waals surface area contributed by atoms with Gasteiger partial charge in [-0.2, -0.15) is 4.98 Å². The van der Waals surface area contributed by atoms with Crippen LogP contribution in [0.2, 0.25) is 0 Å². The zero-order chi connectivity index (χ0) is 22.6. The number of benzene rings is 1. The van der Waals surface area contributed by atoms with Gasteiger partial charge in [0.25, 0.3) is 5.56 Å². The standard InChI is InChI=1S/C20H27N7O4/c21-7-1-6-20(23,18(30)31)15(28)12-2-4-13(5-3-12)24-9-11-8-14-16(25-10-11)26-19(22)27-17(14)29/h2-5,11,24H,1,6-10,21,23H2,(H,30,31)(H4,22,25,26,27,29)/t11?,20-/m1/s1. The summed E-state index contributed by atoms with van der Waals surface area (Å²) >= 11 is 0. The molecule has 10 N–H and O–H groups in total. The molecule has 0 saturated carbocycles. The second kappa shape index (κ2) is 9.14. The van der Waals surface area contributed by atoms with Crippen LogP contribution in [0.5, 0.6) is 0 Å². The van der Waals surface area contributed by atoms with Gasteiger partial charge in [-0.3, -0.25) is 14.6 Å². The number of carboxylic acids is 1. The van der Waals surface area contributed by atoms with E-state index in [0.717, 1.165) is 5.69 Å². The molecular formula is C20H27N7O4. The lowest BCUT2D eigenvalue weighted by atomic mass is 9.86. The zero-order valence-corrected chi connectivity index (χ0v) is 17.0. The highest BCUT2D eigenvalue weighted by atomic mass is 16.4. The molecule has 2 aromatic rings. The largest absolute Gasteiger partial charge is 0.480 e. The molecule has 3 rings (SSSR count). The van der Waals surface area contributed by atoms with Crippen molar-refractivity contribution in [2.45, 2.75) is 24.8 Å². The summed E-state index contributed by atoms with van der Waals surface area (Å²) in [4.78, 5) is 42.9. The molecule has 0 amide bonds. The van der Waals surface area contributed by atoms with E-state index in [1.54, 1.807) is 24.3 Å². The molecule has 11 heteroatoms. The monoisotopic (exact) mass is 429 g/mol. The summed E-state index contributed by atoms with van der Waals surface area (Å²) in [6.07, 6.45) is 0.842. The highest BCUT2D eigenvalue weighted by Gasteiger charge is 2.41. The van der Waals surface area contributed by atoms with Gasteiger partial charge in [0, 0.05) is 24.3 Å². The van der Waals surface area contributed by atoms with E-state index in [2.05, 4.69) is 20.6 Å². The van der Waals surface area contributed by atoms with Crippen molar-refractivity contribution in [1.29, 1.82) is 0 Å². The first kappa shape index (κ1) is 22.2. The number of nitrogens with two attached hydrogens (primary N) is 3. The number of nitrogens with one attached hydrogen (secondary N) is 3. The molecule has 1 aromatic heterocycles. The number of carbonyl (C=O) groups excluding carboxylic acids is 1. The van der Waals surface area contributed by atoms with Gasteiger partial charge in [0.05, 0.1) is 5.56 Å². The summed E-state index contributed by atoms with van der Waals surface area (Å²) < 4.78 is 0. The average molecular weight is 429 g/mol. The summed E-state index contributed by atoms with van der Waals surface area (Å²) in [6.45, 7) is 1.45. The minimum atomic E-state index is -2.00. The molecule has 11 nitrogen and oxygen atoms in total. The van der Waals surface area contributed by atoms with Crippen LogP contribution in [0.4, 0.5) is 17.5 Å². The number of nitrogen functional groups attached to an aromatic ring is 1. The van der Waals surface area contributed by atoms with Crippen LogP contribution in [0.15, 0.2) is 29.1 Å². The maximum Gasteiger partial charge on any atom is 0.331 e. The lowest BCUT2D eigenvalue weighted by molar-refractivity contribution is -0.141. The predicted molar refractivity (Wildman–Crippen MR) is 117 cm³/mol. The maximum absolute atomic E-state index is 12.7. The summed E-state index contributed by atoms with van der Waals surface area (Å²) in [5, 5.41) is 15.8. The number of aromatic nitrogens is 2. The predicted octanol–water partition coefficient (Wildman–Crippen LogP) is -0.248. The van der Waals surface area contributed by atoms with Gasteiger partial charge in [0.15, 0.2) is 11.3 Å². The van der Waals surface area contributed by atoms with Crippen molar-refractivity contribution < 1.29 is 14.7 Å². The van der Waals surface area contributed by atoms with Crippen molar-refractivity contribution in [1.82, 2.24) is 9.97 Å². The van der Waals surface area contributed by atoms with Crippen molar-refractivity contribution >= 4 is 29.2 Å². The Morgan fingerprint density at radius 3 is 2.65 bits per heavy atom. The van der Waals surface area contributed by atoms with Crippen LogP contribution in [0, 0.1) is 5.92 Å². The Bertz CT molecular complexity index is 1020. The second-order valence-corrected chi connectivity index (χ2v) is 7.69. The van der Waals surface area contributed by atoms with Gasteiger partial charge in [0.1, 0.15) is 5.82 Å². The highest BCUT2D eigenvalue weighted by Crippen LogP contribution is 2.22. The molecule has 0 spiro atoms. The number of hydrogen-bond donors (Lipinski definition) is 7. The normalized spacial score (nSPS) is 17.2. The van der Waals surface area contributed by atoms with Gasteiger partial charge in [-0.05, 0) is 56.0 Å². The third-order valence-corrected chi connectivity index (χ3v) is 5.39. The Hall–Kier alpha value is -3.44. The highest BCUT2D eigenvalue weighted by molar-refractivity contribution is 6.15. The summed E-state index contributed by atoms with van der Waals surface area (Å²) in [7, 11) is 0. The van der Waals surface area contributed by atoms with Crippen molar-refractivity contribution in [2.24, 2.45) is 17.4 Å². The molecule has 0 fully saturated rings. The first-order chi connectivity index (χ1) is 14.7. The SMILES string of the molecule is NCCC[C@](N)(C(=O)O)C(=O)c1ccc(NCC2CNc3nc(N)[nH]c(=O)c3C2)cc1. The average Bonchev–Trinajstić information content (AvgIpc) is 2.75. The van der Waals surface area contributed by atoms with Gasteiger partial charge in [-0.25, -0.2) is 4.79 Å². The fourth-order valence-corrected chi connectivity index (χ4v) is 3.55. The molecule has 1 unspecified atom stereocenters. The topological polar surface area (TPSA) is 202 Å². The molecule has 1 aliphatic rings. The zero-order valence-electron chi connectivity index (χ0n) is 17.0. The van der Waals surface area contributed by atoms with E-state index in [0.29, 0.717) is 37.3 Å². The third kappa shape index (κ3) is 4.84. The summed E-state index contributed by atoms with van der Waals surface area (Å²) in [5.74, 6) is -1.29. The van der Waals surface area contributed by atoms with E-state index in [1.807, 2.05) is 0 Å². The number of carboxylic acid groups (broad SMARTS) is 1. The quantitative estimate of drug-likeness (QED) is 0.206. The van der Waals surface area contributed by atoms with E-state index < -0.39 is 17.3 Å². The van der Waals surface area contributed by atoms with Crippen LogP contribution in [-0.4, -0.2) is 52.0 Å². The number of aliphatic carboxylic acids is 1. The molecular weight excluding hydrogens is 402 g/mol. The third-order valence-electron chi connectivity index (χ3n) is 5.39. The van der Waals surface area contributed by atoms with Crippen molar-refractivity contribution in [2.75, 3.05) is 36.0 Å². The second-order valence-electron chi connectivity index (χ2n) is 7.69. The van der Waals surface area contributed by atoms with E-state index >= 15 is 0 Å². The minimum Gasteiger partial charge on any atom is -0.480 e. The smallest absolute Gasteiger partial charge is 0.331 e. The number of aromatic amines is 1. The van der Waals surface area contributed by atoms with Crippen molar-refractivity contribution in [3.63, 3.8) is 0 Å². The Morgan fingerprint density at radius 1 is 1.29 bits per heavy atom. The molecule has 2 atom stereocenters. The molecule has 0 saturated heterocycles. The molecule has 1 aliphatic heterocycles. The molecule has 0 radical (unpaired) electrons. The number of ketones is 1. The number of fused-ring (bicyclic) bond motifs is 1. The first-order valence-corrected chi connectivity index (χ1v) is 9.98. The van der Waals surface area contributed by atoms with Crippen LogP contribution >= 0.6 is 0 Å². The Balaban J connectivity index is 1.63. The number of nitrogens with zero attached hydrogens (tertiary/aromatic N) is 1. The molecule has 0 bridgehead atoms. The Labute approximate surface area is 178 Å². The summed E-state index contributed by atoms with van der Waals surface area (Å²) in [5.41, 5.74) is 16.2. The number of hydrogen-bond acceptors (Lipinski definition) is 9. The number of carbonyl (C=O) groups is 2. The Morgan fingerprint density at radius 2 is 2.00 bits per heavy atom. The molecule has 166 valence electrons. The van der Waals surface area contributed by atoms with Gasteiger partial charge in [-0.15, -0.1) is 0 Å². The summed E-state index contributed by atoms with van der Waals surface area (Å²) in [6, 6.07) is 6.47. The van der Waals surface area contributed by atoms with Gasteiger partial charge >= 0.3 is 5.97 Å². The lowest BCUT2D eigenvalue weighted by Gasteiger charge is -2.25. The molecule has 2 heterocycles. The van der Waals surface area contributed by atoms with E-state index in [1.165, 1.54) is 0 Å². The fraction of sp³-hybridized carbons (Fsp3) is 0.400. The van der Waals surface area contributed by atoms with Crippen molar-refractivity contribution in [3.05, 3.63) is 45.7 Å². The molecule has 31 heavy (non-hydrogen) atoms. The van der Waals surface area contributed by atoms with Crippen LogP contribution in [-0.2, 0) is 11.2 Å². The van der Waals surface area contributed by atoms with Crippen molar-refractivity contribution in [3.8, 4) is 0 Å². The van der Waals surface area contributed by atoms with E-state index in [4.69, 9.17) is 17.2 Å². The fourth-order valence-electron chi connectivity index (χ4n) is 3.55. The Kier molecular flexibility index (Phi) is 6.56. The minimum absolute atomic E-state index is 0.0343. The van der Waals surface area contributed by atoms with Gasteiger partial charge < -0.3 is 32.9 Å². The number of rotatable bonds is 9. The van der Waals surface area contributed by atoms with E-state index in [-0.39, 0.29) is 36.0 Å². The van der Waals surface area contributed by atoms with Gasteiger partial charge in [0.2, 0.25) is 5.95 Å². The van der Waals surface area contributed by atoms with Crippen LogP contribution in [0.1, 0.15) is 28.8 Å². The number of anilines is 3.